The quantitative estimate of drug-likeness (QED) is 0.384. The average Bonchev–Trinajstić information content (AvgIpc) is 2.84. The second-order valence-corrected chi connectivity index (χ2v) is 10.4. The van der Waals surface area contributed by atoms with Gasteiger partial charge in [-0.1, -0.05) is 17.7 Å². The normalized spacial score (nSPS) is 14.0. The summed E-state index contributed by atoms with van der Waals surface area (Å²) in [7, 11) is 0. The van der Waals surface area contributed by atoms with Crippen LogP contribution < -0.4 is 10.2 Å². The summed E-state index contributed by atoms with van der Waals surface area (Å²) in [5.41, 5.74) is -1.62. The van der Waals surface area contributed by atoms with Gasteiger partial charge in [0.15, 0.2) is 5.82 Å². The molecule has 2 aromatic carbocycles. The second kappa shape index (κ2) is 11.0. The second-order valence-electron chi connectivity index (χ2n) is 9.97. The van der Waals surface area contributed by atoms with Crippen molar-refractivity contribution in [2.45, 2.75) is 32.8 Å². The summed E-state index contributed by atoms with van der Waals surface area (Å²) in [6.45, 7) is 6.58. The van der Waals surface area contributed by atoms with Gasteiger partial charge < -0.3 is 30.1 Å². The van der Waals surface area contributed by atoms with Gasteiger partial charge in [0.2, 0.25) is 5.95 Å². The Balaban J connectivity index is 1.76. The van der Waals surface area contributed by atoms with Crippen LogP contribution in [-0.4, -0.2) is 75.5 Å². The molecule has 4 rings (SSSR count). The van der Waals surface area contributed by atoms with Crippen molar-refractivity contribution in [3.8, 4) is 16.9 Å². The fraction of sp³-hybridized carbons (Fsp3) is 0.385. The number of phenols is 1. The molecule has 208 valence electrons. The van der Waals surface area contributed by atoms with E-state index in [-0.39, 0.29) is 40.4 Å². The van der Waals surface area contributed by atoms with Crippen molar-refractivity contribution in [2.75, 3.05) is 42.9 Å². The first-order valence-electron chi connectivity index (χ1n) is 12.2. The summed E-state index contributed by atoms with van der Waals surface area (Å²) >= 11 is 6.44. The van der Waals surface area contributed by atoms with Crippen LogP contribution in [0.25, 0.3) is 22.0 Å². The van der Waals surface area contributed by atoms with Crippen LogP contribution in [0, 0.1) is 11.6 Å². The number of ether oxygens (including phenoxy) is 1. The Morgan fingerprint density at radius 2 is 1.82 bits per heavy atom. The molecule has 0 unspecified atom stereocenters. The fourth-order valence-corrected chi connectivity index (χ4v) is 4.48. The van der Waals surface area contributed by atoms with E-state index >= 15 is 4.39 Å². The Labute approximate surface area is 228 Å². The van der Waals surface area contributed by atoms with Crippen LogP contribution in [0.4, 0.5) is 25.3 Å². The van der Waals surface area contributed by atoms with E-state index in [2.05, 4.69) is 15.3 Å². The standard InChI is InChI=1S/C26H28ClF2N5O5/c1-26(2,3)39-25(38)34-11-9-33(10-12-34)23-14-13-15(27)19(20-16(28)5-4-6-17(20)35)21(29)22(14)31-24(32-23)30-8-7-18(36)37/h4-6,13,35H,7-12H2,1-3H3,(H,36,37)(H,30,31,32). The number of hydrogen-bond acceptors (Lipinski definition) is 8. The van der Waals surface area contributed by atoms with Gasteiger partial charge >= 0.3 is 12.1 Å². The number of nitrogens with zero attached hydrogens (tertiary/aromatic N) is 4. The highest BCUT2D eigenvalue weighted by molar-refractivity contribution is 6.34. The van der Waals surface area contributed by atoms with Crippen molar-refractivity contribution in [1.82, 2.24) is 14.9 Å². The summed E-state index contributed by atoms with van der Waals surface area (Å²) in [6, 6.07) is 4.97. The number of halogens is 3. The van der Waals surface area contributed by atoms with Crippen LogP contribution in [-0.2, 0) is 9.53 Å². The van der Waals surface area contributed by atoms with Gasteiger partial charge in [-0.15, -0.1) is 0 Å². The van der Waals surface area contributed by atoms with Crippen molar-refractivity contribution >= 4 is 46.3 Å². The summed E-state index contributed by atoms with van der Waals surface area (Å²) < 4.78 is 36.1. The Bertz CT molecular complexity index is 1400. The van der Waals surface area contributed by atoms with Crippen LogP contribution in [0.1, 0.15) is 27.2 Å². The molecule has 3 N–H and O–H groups in total. The molecule has 1 aromatic heterocycles. The highest BCUT2D eigenvalue weighted by atomic mass is 35.5. The molecule has 0 aliphatic carbocycles. The van der Waals surface area contributed by atoms with Gasteiger partial charge in [0.05, 0.1) is 17.0 Å². The van der Waals surface area contributed by atoms with Gasteiger partial charge in [-0.2, -0.15) is 4.98 Å². The van der Waals surface area contributed by atoms with Crippen LogP contribution >= 0.6 is 11.6 Å². The Kier molecular flexibility index (Phi) is 7.96. The number of carboxylic acid groups (broad SMARTS) is 1. The number of anilines is 2. The first kappa shape index (κ1) is 28.1. The number of nitrogens with one attached hydrogen (secondary N) is 1. The Morgan fingerprint density at radius 3 is 2.44 bits per heavy atom. The topological polar surface area (TPSA) is 128 Å². The molecule has 10 nitrogen and oxygen atoms in total. The molecule has 3 aromatic rings. The highest BCUT2D eigenvalue weighted by Gasteiger charge is 2.29. The third-order valence-corrected chi connectivity index (χ3v) is 6.26. The van der Waals surface area contributed by atoms with Crippen LogP contribution in [0.15, 0.2) is 24.3 Å². The van der Waals surface area contributed by atoms with E-state index in [1.807, 2.05) is 4.90 Å². The minimum absolute atomic E-state index is 0.0249. The zero-order valence-electron chi connectivity index (χ0n) is 21.6. The van der Waals surface area contributed by atoms with E-state index in [0.717, 1.165) is 6.07 Å². The molecule has 39 heavy (non-hydrogen) atoms. The minimum Gasteiger partial charge on any atom is -0.507 e. The summed E-state index contributed by atoms with van der Waals surface area (Å²) in [6.07, 6.45) is -0.683. The maximum absolute atomic E-state index is 16.0. The zero-order chi connectivity index (χ0) is 28.5. The van der Waals surface area contributed by atoms with Crippen LogP contribution in [0.2, 0.25) is 5.02 Å². The smallest absolute Gasteiger partial charge is 0.410 e. The monoisotopic (exact) mass is 563 g/mol. The number of piperazine rings is 1. The number of rotatable bonds is 6. The lowest BCUT2D eigenvalue weighted by molar-refractivity contribution is -0.136. The third kappa shape index (κ3) is 6.22. The van der Waals surface area contributed by atoms with Gasteiger partial charge in [0.1, 0.15) is 28.5 Å². The number of phenolic OH excluding ortho intramolecular Hbond substituents is 1. The molecule has 0 spiro atoms. The molecule has 1 fully saturated rings. The molecule has 0 radical (unpaired) electrons. The van der Waals surface area contributed by atoms with E-state index in [1.54, 1.807) is 25.7 Å². The number of aromatic hydroxyl groups is 1. The van der Waals surface area contributed by atoms with Crippen molar-refractivity contribution in [3.63, 3.8) is 0 Å². The molecule has 2 heterocycles. The van der Waals surface area contributed by atoms with Gasteiger partial charge in [-0.05, 0) is 39.0 Å². The summed E-state index contributed by atoms with van der Waals surface area (Å²) in [4.78, 5) is 35.6. The van der Waals surface area contributed by atoms with Gasteiger partial charge in [-0.25, -0.2) is 18.6 Å². The zero-order valence-corrected chi connectivity index (χ0v) is 22.3. The summed E-state index contributed by atoms with van der Waals surface area (Å²) in [5, 5.41) is 22.1. The molecule has 0 atom stereocenters. The molecule has 1 saturated heterocycles. The number of carbonyl (C=O) groups is 2. The molecule has 0 saturated carbocycles. The molecule has 13 heteroatoms. The lowest BCUT2D eigenvalue weighted by Crippen LogP contribution is -2.50. The molecular weight excluding hydrogens is 536 g/mol. The highest BCUT2D eigenvalue weighted by Crippen LogP contribution is 2.42. The van der Waals surface area contributed by atoms with Gasteiger partial charge in [-0.3, -0.25) is 4.79 Å². The Morgan fingerprint density at radius 1 is 1.13 bits per heavy atom. The predicted molar refractivity (Wildman–Crippen MR) is 142 cm³/mol. The van der Waals surface area contributed by atoms with E-state index in [9.17, 15) is 19.1 Å². The van der Waals surface area contributed by atoms with Crippen molar-refractivity contribution in [1.29, 1.82) is 0 Å². The predicted octanol–water partition coefficient (Wildman–Crippen LogP) is 4.88. The lowest BCUT2D eigenvalue weighted by atomic mass is 10.0. The van der Waals surface area contributed by atoms with Crippen molar-refractivity contribution in [2.24, 2.45) is 0 Å². The number of hydrogen-bond donors (Lipinski definition) is 3. The maximum atomic E-state index is 16.0. The van der Waals surface area contributed by atoms with Crippen LogP contribution in [0.5, 0.6) is 5.75 Å². The molecular formula is C26H28ClF2N5O5. The molecule has 1 aliphatic rings. The average molecular weight is 564 g/mol. The van der Waals surface area contributed by atoms with Crippen molar-refractivity contribution < 1.29 is 33.3 Å². The van der Waals surface area contributed by atoms with Crippen LogP contribution in [0.3, 0.4) is 0 Å². The number of amides is 1. The number of aromatic nitrogens is 2. The number of aliphatic carboxylic acids is 1. The first-order chi connectivity index (χ1) is 18.4. The van der Waals surface area contributed by atoms with Gasteiger partial charge in [0.25, 0.3) is 0 Å². The molecule has 0 bridgehead atoms. The number of fused-ring (bicyclic) bond motifs is 1. The lowest BCUT2D eigenvalue weighted by Gasteiger charge is -2.36. The van der Waals surface area contributed by atoms with E-state index in [4.69, 9.17) is 21.4 Å². The van der Waals surface area contributed by atoms with E-state index in [1.165, 1.54) is 18.2 Å². The summed E-state index contributed by atoms with van der Waals surface area (Å²) in [5.74, 6) is -3.14. The third-order valence-electron chi connectivity index (χ3n) is 5.96. The number of carbonyl (C=O) groups excluding carboxylic acids is 1. The molecule has 1 amide bonds. The minimum atomic E-state index is -1.04. The first-order valence-corrected chi connectivity index (χ1v) is 12.6. The van der Waals surface area contributed by atoms with Crippen molar-refractivity contribution in [3.05, 3.63) is 40.9 Å². The largest absolute Gasteiger partial charge is 0.507 e. The van der Waals surface area contributed by atoms with E-state index < -0.39 is 40.6 Å². The van der Waals surface area contributed by atoms with E-state index in [0.29, 0.717) is 32.0 Å². The van der Waals surface area contributed by atoms with Gasteiger partial charge in [0, 0.05) is 43.7 Å². The Hall–Kier alpha value is -3.93. The number of benzene rings is 2. The maximum Gasteiger partial charge on any atom is 0.410 e. The fourth-order valence-electron chi connectivity index (χ4n) is 4.20. The SMILES string of the molecule is CC(C)(C)OC(=O)N1CCN(c2nc(NCCC(=O)O)nc3c(F)c(-c4c(O)cccc4F)c(Cl)cc23)CC1. The number of carboxylic acids is 1. The molecule has 1 aliphatic heterocycles.